The summed E-state index contributed by atoms with van der Waals surface area (Å²) in [6.07, 6.45) is 2.91. The highest BCUT2D eigenvalue weighted by Crippen LogP contribution is 2.13. The lowest BCUT2D eigenvalue weighted by molar-refractivity contribution is 0.141. The van der Waals surface area contributed by atoms with Crippen LogP contribution in [0, 0.1) is 0 Å². The van der Waals surface area contributed by atoms with Gasteiger partial charge in [0.25, 0.3) is 0 Å². The van der Waals surface area contributed by atoms with Crippen molar-refractivity contribution in [3.05, 3.63) is 6.07 Å². The van der Waals surface area contributed by atoms with Crippen molar-refractivity contribution < 1.29 is 9.53 Å². The van der Waals surface area contributed by atoms with E-state index in [2.05, 4.69) is 10.2 Å². The van der Waals surface area contributed by atoms with Crippen molar-refractivity contribution in [2.45, 2.75) is 19.3 Å². The van der Waals surface area contributed by atoms with E-state index >= 15 is 0 Å². The summed E-state index contributed by atoms with van der Waals surface area (Å²) in [5.41, 5.74) is 5.41. The first kappa shape index (κ1) is 9.82. The molecule has 1 aliphatic rings. The van der Waals surface area contributed by atoms with Crippen LogP contribution < -0.4 is 10.5 Å². The van der Waals surface area contributed by atoms with Crippen molar-refractivity contribution in [1.29, 1.82) is 0 Å². The zero-order chi connectivity index (χ0) is 10.7. The van der Waals surface area contributed by atoms with E-state index < -0.39 is 0 Å². The molecule has 6 nitrogen and oxygen atoms in total. The van der Waals surface area contributed by atoms with Gasteiger partial charge in [-0.3, -0.25) is 5.10 Å². The zero-order valence-electron chi connectivity index (χ0n) is 8.40. The molecule has 0 bridgehead atoms. The Kier molecular flexibility index (Phi) is 2.75. The maximum atomic E-state index is 11.6. The van der Waals surface area contributed by atoms with Crippen LogP contribution in [0.1, 0.15) is 19.3 Å². The van der Waals surface area contributed by atoms with Gasteiger partial charge in [0.2, 0.25) is 5.88 Å². The number of aromatic amines is 1. The third-order valence-corrected chi connectivity index (χ3v) is 2.38. The number of H-pyrrole nitrogens is 1. The second-order valence-corrected chi connectivity index (χ2v) is 3.58. The summed E-state index contributed by atoms with van der Waals surface area (Å²) < 4.78 is 5.04. The molecule has 15 heavy (non-hydrogen) atoms. The van der Waals surface area contributed by atoms with Gasteiger partial charge < -0.3 is 15.4 Å². The first-order chi connectivity index (χ1) is 7.25. The predicted molar refractivity (Wildman–Crippen MR) is 54.4 cm³/mol. The molecule has 1 saturated heterocycles. The molecule has 1 amide bonds. The summed E-state index contributed by atoms with van der Waals surface area (Å²) >= 11 is 0. The van der Waals surface area contributed by atoms with Gasteiger partial charge in [-0.05, 0) is 19.3 Å². The Morgan fingerprint density at radius 3 is 2.80 bits per heavy atom. The normalized spacial score (nSPS) is 16.4. The number of ether oxygens (including phenoxy) is 1. The number of anilines is 1. The summed E-state index contributed by atoms with van der Waals surface area (Å²) in [4.78, 5) is 13.3. The van der Waals surface area contributed by atoms with E-state index in [0.717, 1.165) is 25.9 Å². The van der Waals surface area contributed by atoms with Crippen LogP contribution in [0.2, 0.25) is 0 Å². The molecule has 0 atom stereocenters. The molecule has 82 valence electrons. The first-order valence-electron chi connectivity index (χ1n) is 5.03. The topological polar surface area (TPSA) is 84.2 Å². The zero-order valence-corrected chi connectivity index (χ0v) is 8.40. The number of hydrogen-bond donors (Lipinski definition) is 2. The van der Waals surface area contributed by atoms with Gasteiger partial charge in [0.05, 0.1) is 0 Å². The quantitative estimate of drug-likeness (QED) is 0.723. The van der Waals surface area contributed by atoms with Crippen molar-refractivity contribution in [3.8, 4) is 5.88 Å². The Morgan fingerprint density at radius 1 is 1.47 bits per heavy atom. The molecule has 1 aromatic heterocycles. The second-order valence-electron chi connectivity index (χ2n) is 3.58. The highest BCUT2D eigenvalue weighted by molar-refractivity contribution is 5.70. The van der Waals surface area contributed by atoms with E-state index in [1.807, 2.05) is 0 Å². The first-order valence-corrected chi connectivity index (χ1v) is 5.03. The second kappa shape index (κ2) is 4.20. The van der Waals surface area contributed by atoms with Crippen LogP contribution in [-0.2, 0) is 0 Å². The van der Waals surface area contributed by atoms with Crippen molar-refractivity contribution >= 4 is 11.9 Å². The molecule has 1 aromatic rings. The number of amides is 1. The molecule has 1 fully saturated rings. The lowest BCUT2D eigenvalue weighted by Crippen LogP contribution is -2.37. The lowest BCUT2D eigenvalue weighted by atomic mass is 10.1. The molecule has 0 aromatic carbocycles. The molecule has 0 saturated carbocycles. The Morgan fingerprint density at radius 2 is 2.20 bits per heavy atom. The number of nitrogen functional groups attached to an aromatic ring is 1. The van der Waals surface area contributed by atoms with Gasteiger partial charge in [0, 0.05) is 19.2 Å². The summed E-state index contributed by atoms with van der Waals surface area (Å²) in [7, 11) is 0. The Balaban J connectivity index is 1.91. The largest absolute Gasteiger partial charge is 0.416 e. The number of carbonyl (C=O) groups is 1. The van der Waals surface area contributed by atoms with Crippen LogP contribution in [0.5, 0.6) is 5.88 Å². The lowest BCUT2D eigenvalue weighted by Gasteiger charge is -2.25. The van der Waals surface area contributed by atoms with E-state index in [1.165, 1.54) is 12.5 Å². The average molecular weight is 210 g/mol. The molecule has 2 heterocycles. The molecule has 2 rings (SSSR count). The minimum absolute atomic E-state index is 0.225. The number of hydrogen-bond acceptors (Lipinski definition) is 4. The minimum atomic E-state index is -0.346. The SMILES string of the molecule is Nc1cc(OC(=O)N2CCCCC2)n[nH]1. The van der Waals surface area contributed by atoms with Crippen LogP contribution in [0.25, 0.3) is 0 Å². The van der Waals surface area contributed by atoms with Gasteiger partial charge in [-0.15, -0.1) is 5.10 Å². The van der Waals surface area contributed by atoms with Crippen molar-refractivity contribution in [3.63, 3.8) is 0 Å². The summed E-state index contributed by atoms with van der Waals surface area (Å²) in [5, 5.41) is 6.24. The van der Waals surface area contributed by atoms with Gasteiger partial charge >= 0.3 is 6.09 Å². The Bertz CT molecular complexity index is 344. The Labute approximate surface area is 87.4 Å². The summed E-state index contributed by atoms with van der Waals surface area (Å²) in [6, 6.07) is 1.49. The Hall–Kier alpha value is -1.72. The molecule has 6 heteroatoms. The fourth-order valence-corrected chi connectivity index (χ4v) is 1.60. The van der Waals surface area contributed by atoms with Crippen LogP contribution in [0.3, 0.4) is 0 Å². The maximum Gasteiger partial charge on any atom is 0.416 e. The number of rotatable bonds is 1. The number of aromatic nitrogens is 2. The smallest absolute Gasteiger partial charge is 0.389 e. The fraction of sp³-hybridized carbons (Fsp3) is 0.556. The van der Waals surface area contributed by atoms with E-state index in [4.69, 9.17) is 10.5 Å². The van der Waals surface area contributed by atoms with Crippen molar-refractivity contribution in [2.75, 3.05) is 18.8 Å². The number of nitrogens with zero attached hydrogens (tertiary/aromatic N) is 2. The summed E-state index contributed by atoms with van der Waals surface area (Å²) in [5.74, 6) is 0.611. The third kappa shape index (κ3) is 2.39. The average Bonchev–Trinajstić information content (AvgIpc) is 2.65. The van der Waals surface area contributed by atoms with Crippen molar-refractivity contribution in [1.82, 2.24) is 15.1 Å². The molecule has 0 aliphatic carbocycles. The monoisotopic (exact) mass is 210 g/mol. The number of likely N-dealkylation sites (tertiary alicyclic amines) is 1. The maximum absolute atomic E-state index is 11.6. The minimum Gasteiger partial charge on any atom is -0.389 e. The number of piperidine rings is 1. The summed E-state index contributed by atoms with van der Waals surface area (Å²) in [6.45, 7) is 1.53. The van der Waals surface area contributed by atoms with Gasteiger partial charge in [-0.25, -0.2) is 4.79 Å². The van der Waals surface area contributed by atoms with Crippen LogP contribution in [0.15, 0.2) is 6.07 Å². The van der Waals surface area contributed by atoms with E-state index in [0.29, 0.717) is 5.82 Å². The fourth-order valence-electron chi connectivity index (χ4n) is 1.60. The molecule has 0 radical (unpaired) electrons. The van der Waals surface area contributed by atoms with E-state index in [1.54, 1.807) is 4.90 Å². The van der Waals surface area contributed by atoms with Gasteiger partial charge in [-0.1, -0.05) is 0 Å². The number of nitrogens with two attached hydrogens (primary N) is 1. The molecular weight excluding hydrogens is 196 g/mol. The van der Waals surface area contributed by atoms with Crippen LogP contribution >= 0.6 is 0 Å². The van der Waals surface area contributed by atoms with Crippen LogP contribution in [-0.4, -0.2) is 34.3 Å². The standard InChI is InChI=1S/C9H14N4O2/c10-7-6-8(12-11-7)15-9(14)13-4-2-1-3-5-13/h6H,1-5H2,(H3,10,11,12). The highest BCUT2D eigenvalue weighted by atomic mass is 16.6. The number of carbonyl (C=O) groups excluding carboxylic acids is 1. The predicted octanol–water partition coefficient (Wildman–Crippen LogP) is 0.977. The highest BCUT2D eigenvalue weighted by Gasteiger charge is 2.19. The van der Waals surface area contributed by atoms with Crippen molar-refractivity contribution in [2.24, 2.45) is 0 Å². The van der Waals surface area contributed by atoms with Crippen LogP contribution in [0.4, 0.5) is 10.6 Å². The van der Waals surface area contributed by atoms with Gasteiger partial charge in [0.1, 0.15) is 5.82 Å². The molecule has 3 N–H and O–H groups in total. The molecule has 1 aliphatic heterocycles. The number of nitrogens with one attached hydrogen (secondary N) is 1. The van der Waals surface area contributed by atoms with Gasteiger partial charge in [-0.2, -0.15) is 0 Å². The van der Waals surface area contributed by atoms with Gasteiger partial charge in [0.15, 0.2) is 0 Å². The molecular formula is C9H14N4O2. The third-order valence-electron chi connectivity index (χ3n) is 2.38. The van der Waals surface area contributed by atoms with E-state index in [-0.39, 0.29) is 12.0 Å². The van der Waals surface area contributed by atoms with E-state index in [9.17, 15) is 4.79 Å². The molecule has 0 unspecified atom stereocenters. The molecule has 0 spiro atoms.